The Bertz CT molecular complexity index is 744. The fourth-order valence-electron chi connectivity index (χ4n) is 1.51. The second kappa shape index (κ2) is 5.99. The first-order chi connectivity index (χ1) is 9.40. The van der Waals surface area contributed by atoms with Crippen LogP contribution in [0.15, 0.2) is 39.7 Å². The maximum absolute atomic E-state index is 12.1. The van der Waals surface area contributed by atoms with E-state index in [-0.39, 0.29) is 16.1 Å². The average Bonchev–Trinajstić information content (AvgIpc) is 2.42. The Kier molecular flexibility index (Phi) is 4.52. The van der Waals surface area contributed by atoms with E-state index in [1.165, 1.54) is 16.8 Å². The van der Waals surface area contributed by atoms with Crippen molar-refractivity contribution in [1.29, 1.82) is 0 Å². The van der Waals surface area contributed by atoms with Crippen LogP contribution in [0.5, 0.6) is 0 Å². The molecule has 0 unspecified atom stereocenters. The van der Waals surface area contributed by atoms with Gasteiger partial charge in [0.2, 0.25) is 0 Å². The molecule has 1 N–H and O–H groups in total. The summed E-state index contributed by atoms with van der Waals surface area (Å²) in [5.74, 6) is -0.428. The molecule has 0 radical (unpaired) electrons. The normalized spacial score (nSPS) is 10.4. The predicted octanol–water partition coefficient (Wildman–Crippen LogP) is 3.71. The zero-order valence-corrected chi connectivity index (χ0v) is 13.4. The smallest absolute Gasteiger partial charge is 0.255 e. The van der Waals surface area contributed by atoms with Gasteiger partial charge in [0.05, 0.1) is 15.7 Å². The minimum absolute atomic E-state index is 0.234. The first-order valence-corrected chi connectivity index (χ1v) is 7.06. The second-order valence-corrected chi connectivity index (χ2v) is 5.65. The summed E-state index contributed by atoms with van der Waals surface area (Å²) in [6, 6.07) is 6.10. The van der Waals surface area contributed by atoms with Gasteiger partial charge in [0.15, 0.2) is 0 Å². The van der Waals surface area contributed by atoms with E-state index in [9.17, 15) is 9.59 Å². The number of aromatic nitrogens is 1. The van der Waals surface area contributed by atoms with E-state index in [1.807, 2.05) is 0 Å². The largest absolute Gasteiger partial charge is 0.321 e. The molecule has 104 valence electrons. The standard InChI is InChI=1S/C13H9BrCl2N2O2/c1-18-5-4-7(6-10(18)19)13(20)17-9-3-2-8(14)11(15)12(9)16/h2-6H,1H3,(H,17,20). The molecule has 0 aliphatic heterocycles. The number of hydrogen-bond acceptors (Lipinski definition) is 2. The fraction of sp³-hybridized carbons (Fsp3) is 0.0769. The summed E-state index contributed by atoms with van der Waals surface area (Å²) in [4.78, 5) is 23.5. The van der Waals surface area contributed by atoms with Crippen LogP contribution in [0, 0.1) is 0 Å². The maximum Gasteiger partial charge on any atom is 0.255 e. The molecule has 4 nitrogen and oxygen atoms in total. The van der Waals surface area contributed by atoms with Gasteiger partial charge in [-0.15, -0.1) is 0 Å². The zero-order chi connectivity index (χ0) is 14.9. The van der Waals surface area contributed by atoms with Gasteiger partial charge in [0.1, 0.15) is 0 Å². The summed E-state index contributed by atoms with van der Waals surface area (Å²) in [6.07, 6.45) is 1.52. The molecule has 2 aromatic rings. The van der Waals surface area contributed by atoms with Gasteiger partial charge in [-0.2, -0.15) is 0 Å². The van der Waals surface area contributed by atoms with E-state index < -0.39 is 5.91 Å². The number of carbonyl (C=O) groups excluding carboxylic acids is 1. The fourth-order valence-corrected chi connectivity index (χ4v) is 2.33. The molecule has 2 rings (SSSR count). The van der Waals surface area contributed by atoms with Crippen LogP contribution in [-0.2, 0) is 7.05 Å². The topological polar surface area (TPSA) is 51.1 Å². The molecule has 1 amide bonds. The van der Waals surface area contributed by atoms with Gasteiger partial charge in [-0.1, -0.05) is 23.2 Å². The minimum Gasteiger partial charge on any atom is -0.321 e. The molecular weight excluding hydrogens is 367 g/mol. The van der Waals surface area contributed by atoms with E-state index in [2.05, 4.69) is 21.2 Å². The number of nitrogens with one attached hydrogen (secondary N) is 1. The highest BCUT2D eigenvalue weighted by Crippen LogP contribution is 2.35. The number of hydrogen-bond donors (Lipinski definition) is 1. The van der Waals surface area contributed by atoms with Crippen LogP contribution < -0.4 is 10.9 Å². The Morgan fingerprint density at radius 1 is 1.25 bits per heavy atom. The van der Waals surface area contributed by atoms with Gasteiger partial charge >= 0.3 is 0 Å². The molecule has 0 fully saturated rings. The van der Waals surface area contributed by atoms with Gasteiger partial charge in [0.25, 0.3) is 11.5 Å². The molecule has 0 saturated heterocycles. The van der Waals surface area contributed by atoms with Crippen molar-refractivity contribution in [2.24, 2.45) is 7.05 Å². The van der Waals surface area contributed by atoms with Crippen molar-refractivity contribution in [2.75, 3.05) is 5.32 Å². The summed E-state index contributed by atoms with van der Waals surface area (Å²) >= 11 is 15.3. The van der Waals surface area contributed by atoms with Gasteiger partial charge in [-0.05, 0) is 34.1 Å². The van der Waals surface area contributed by atoms with E-state index in [4.69, 9.17) is 23.2 Å². The summed E-state index contributed by atoms with van der Waals surface area (Å²) in [7, 11) is 1.61. The molecule has 0 atom stereocenters. The number of rotatable bonds is 2. The first-order valence-electron chi connectivity index (χ1n) is 5.51. The number of benzene rings is 1. The van der Waals surface area contributed by atoms with E-state index in [0.717, 1.165) is 0 Å². The molecule has 1 heterocycles. The molecule has 20 heavy (non-hydrogen) atoms. The van der Waals surface area contributed by atoms with Crippen molar-refractivity contribution in [1.82, 2.24) is 4.57 Å². The van der Waals surface area contributed by atoms with Crippen molar-refractivity contribution >= 4 is 50.7 Å². The molecule has 0 bridgehead atoms. The summed E-state index contributed by atoms with van der Waals surface area (Å²) in [5, 5.41) is 3.16. The van der Waals surface area contributed by atoms with Crippen molar-refractivity contribution in [3.63, 3.8) is 0 Å². The van der Waals surface area contributed by atoms with E-state index >= 15 is 0 Å². The lowest BCUT2D eigenvalue weighted by molar-refractivity contribution is 0.102. The van der Waals surface area contributed by atoms with Gasteiger partial charge < -0.3 is 9.88 Å². The van der Waals surface area contributed by atoms with Crippen LogP contribution in [0.2, 0.25) is 10.0 Å². The number of pyridine rings is 1. The van der Waals surface area contributed by atoms with Gasteiger partial charge in [-0.3, -0.25) is 9.59 Å². The summed E-state index contributed by atoms with van der Waals surface area (Å²) in [5.41, 5.74) is 0.367. The minimum atomic E-state index is -0.428. The van der Waals surface area contributed by atoms with Crippen LogP contribution in [0.3, 0.4) is 0 Å². The second-order valence-electron chi connectivity index (χ2n) is 4.04. The Morgan fingerprint density at radius 2 is 1.95 bits per heavy atom. The number of anilines is 1. The Balaban J connectivity index is 2.30. The van der Waals surface area contributed by atoms with Crippen LogP contribution in [-0.4, -0.2) is 10.5 Å². The lowest BCUT2D eigenvalue weighted by Crippen LogP contribution is -2.20. The van der Waals surface area contributed by atoms with Crippen LogP contribution in [0.1, 0.15) is 10.4 Å². The molecule has 0 aliphatic carbocycles. The molecule has 1 aromatic heterocycles. The summed E-state index contributed by atoms with van der Waals surface area (Å²) in [6.45, 7) is 0. The van der Waals surface area contributed by atoms with Crippen LogP contribution in [0.25, 0.3) is 0 Å². The molecule has 0 spiro atoms. The Labute approximate surface area is 133 Å². The highest BCUT2D eigenvalue weighted by atomic mass is 79.9. The quantitative estimate of drug-likeness (QED) is 0.813. The number of aryl methyl sites for hydroxylation is 1. The zero-order valence-electron chi connectivity index (χ0n) is 10.3. The van der Waals surface area contributed by atoms with Crippen molar-refractivity contribution in [2.45, 2.75) is 0 Å². The third-order valence-corrected chi connectivity index (χ3v) is 4.42. The number of halogens is 3. The molecule has 0 saturated carbocycles. The molecular formula is C13H9BrCl2N2O2. The first kappa shape index (κ1) is 15.1. The molecule has 1 aromatic carbocycles. The third-order valence-electron chi connectivity index (χ3n) is 2.65. The Morgan fingerprint density at radius 3 is 2.60 bits per heavy atom. The highest BCUT2D eigenvalue weighted by Gasteiger charge is 2.12. The number of amides is 1. The monoisotopic (exact) mass is 374 g/mol. The Hall–Kier alpha value is -1.30. The van der Waals surface area contributed by atoms with E-state index in [0.29, 0.717) is 15.2 Å². The lowest BCUT2D eigenvalue weighted by Gasteiger charge is -2.09. The van der Waals surface area contributed by atoms with Gasteiger partial charge in [0, 0.05) is 29.3 Å². The number of carbonyl (C=O) groups is 1. The summed E-state index contributed by atoms with van der Waals surface area (Å²) < 4.78 is 2.01. The average molecular weight is 376 g/mol. The number of nitrogens with zero attached hydrogens (tertiary/aromatic N) is 1. The van der Waals surface area contributed by atoms with Crippen molar-refractivity contribution in [3.05, 3.63) is 60.9 Å². The predicted molar refractivity (Wildman–Crippen MR) is 83.8 cm³/mol. The maximum atomic E-state index is 12.1. The van der Waals surface area contributed by atoms with Crippen molar-refractivity contribution < 1.29 is 4.79 Å². The van der Waals surface area contributed by atoms with E-state index in [1.54, 1.807) is 25.2 Å². The highest BCUT2D eigenvalue weighted by molar-refractivity contribution is 9.10. The van der Waals surface area contributed by atoms with Crippen LogP contribution in [0.4, 0.5) is 5.69 Å². The SMILES string of the molecule is Cn1ccc(C(=O)Nc2ccc(Br)c(Cl)c2Cl)cc1=O. The molecule has 7 heteroatoms. The third kappa shape index (κ3) is 3.06. The van der Waals surface area contributed by atoms with Crippen molar-refractivity contribution in [3.8, 4) is 0 Å². The lowest BCUT2D eigenvalue weighted by atomic mass is 10.2. The van der Waals surface area contributed by atoms with Crippen LogP contribution >= 0.6 is 39.1 Å². The molecule has 0 aliphatic rings. The van der Waals surface area contributed by atoms with Gasteiger partial charge in [-0.25, -0.2) is 0 Å².